The summed E-state index contributed by atoms with van der Waals surface area (Å²) in [4.78, 5) is 4.02. The lowest BCUT2D eigenvalue weighted by atomic mass is 10.2. The molecule has 0 aliphatic carbocycles. The number of allylic oxidation sites excluding steroid dienone is 1. The van der Waals surface area contributed by atoms with E-state index in [1.54, 1.807) is 0 Å². The summed E-state index contributed by atoms with van der Waals surface area (Å²) in [5.74, 6) is 0. The van der Waals surface area contributed by atoms with E-state index in [0.29, 0.717) is 6.26 Å². The minimum atomic E-state index is -4.65. The Hall–Kier alpha value is -0.730. The number of rotatable bonds is 4. The van der Waals surface area contributed by atoms with Gasteiger partial charge in [0.25, 0.3) is 0 Å². The van der Waals surface area contributed by atoms with Crippen molar-refractivity contribution in [1.29, 1.82) is 0 Å². The Labute approximate surface area is 82.7 Å². The number of alkyl halides is 3. The highest BCUT2D eigenvalue weighted by Gasteiger charge is 2.37. The summed E-state index contributed by atoms with van der Waals surface area (Å²) in [6.45, 7) is 1.07. The first-order valence-corrected chi connectivity index (χ1v) is 3.96. The molecule has 8 heteroatoms. The molecule has 0 saturated carbocycles. The summed E-state index contributed by atoms with van der Waals surface area (Å²) in [6.07, 6.45) is -4.33. The minimum absolute atomic E-state index is 0.126. The molecule has 0 fully saturated rings. The molecule has 0 spiro atoms. The molecule has 0 radical (unpaired) electrons. The second kappa shape index (κ2) is 5.89. The summed E-state index contributed by atoms with van der Waals surface area (Å²) in [5.41, 5.74) is -1.65. The fraction of sp³-hybridized carbons (Fsp3) is 0.500. The van der Waals surface area contributed by atoms with Crippen LogP contribution >= 0.6 is 12.2 Å². The average molecular weight is 231 g/mol. The second-order valence-electron chi connectivity index (χ2n) is 2.06. The Kier molecular flexibility index (Phi) is 5.58. The van der Waals surface area contributed by atoms with Crippen LogP contribution in [0.3, 0.4) is 0 Å². The van der Waals surface area contributed by atoms with Crippen LogP contribution in [0, 0.1) is 0 Å². The van der Waals surface area contributed by atoms with Gasteiger partial charge in [-0.15, -0.1) is 4.33 Å². The summed E-state index contributed by atoms with van der Waals surface area (Å²) in [7, 11) is 1.13. The van der Waals surface area contributed by atoms with Gasteiger partial charge in [0.05, 0.1) is 13.4 Å². The van der Waals surface area contributed by atoms with E-state index in [-0.39, 0.29) is 12.2 Å². The maximum Gasteiger partial charge on any atom is 0.434 e. The molecule has 1 N–H and O–H groups in total. The molecule has 0 heterocycles. The summed E-state index contributed by atoms with van der Waals surface area (Å²) >= 11 is 0.126. The van der Waals surface area contributed by atoms with Gasteiger partial charge in [-0.2, -0.15) is 17.6 Å². The van der Waals surface area contributed by atoms with E-state index in [0.717, 1.165) is 14.0 Å². The number of halogens is 3. The standard InChI is InChI=1S/C6H8F3NO3S/c1-4(3-11)5(6(7,8)9)10-14-13-12-2/h3,11H,1-2H3/b4-3+,10-5+. The van der Waals surface area contributed by atoms with Gasteiger partial charge in [0, 0.05) is 5.57 Å². The van der Waals surface area contributed by atoms with Gasteiger partial charge >= 0.3 is 6.18 Å². The Morgan fingerprint density at radius 1 is 1.50 bits per heavy atom. The highest BCUT2D eigenvalue weighted by molar-refractivity contribution is 7.93. The van der Waals surface area contributed by atoms with Crippen molar-refractivity contribution in [3.8, 4) is 0 Å². The number of hydrogen-bond acceptors (Lipinski definition) is 5. The molecule has 82 valence electrons. The van der Waals surface area contributed by atoms with E-state index < -0.39 is 17.5 Å². The average Bonchev–Trinajstić information content (AvgIpc) is 2.09. The summed E-state index contributed by atoms with van der Waals surface area (Å²) in [5, 5.41) is 8.40. The monoisotopic (exact) mass is 231 g/mol. The molecule has 0 saturated heterocycles. The molecule has 4 nitrogen and oxygen atoms in total. The van der Waals surface area contributed by atoms with Gasteiger partial charge in [0.1, 0.15) is 0 Å². The summed E-state index contributed by atoms with van der Waals surface area (Å²) < 4.78 is 43.6. The van der Waals surface area contributed by atoms with Crippen LogP contribution in [0.2, 0.25) is 0 Å². The zero-order valence-corrected chi connectivity index (χ0v) is 8.15. The molecule has 14 heavy (non-hydrogen) atoms. The molecule has 0 aromatic heterocycles. The Morgan fingerprint density at radius 2 is 2.07 bits per heavy atom. The predicted molar refractivity (Wildman–Crippen MR) is 45.6 cm³/mol. The van der Waals surface area contributed by atoms with Crippen LogP contribution in [-0.4, -0.2) is 24.1 Å². The molecule has 0 aromatic rings. The normalized spacial score (nSPS) is 14.6. The zero-order valence-electron chi connectivity index (χ0n) is 7.33. The first-order valence-electron chi connectivity index (χ1n) is 3.26. The lowest BCUT2D eigenvalue weighted by Gasteiger charge is -2.08. The van der Waals surface area contributed by atoms with Gasteiger partial charge in [-0.25, -0.2) is 4.89 Å². The largest absolute Gasteiger partial charge is 0.515 e. The highest BCUT2D eigenvalue weighted by Crippen LogP contribution is 2.24. The van der Waals surface area contributed by atoms with E-state index >= 15 is 0 Å². The third kappa shape index (κ3) is 4.49. The van der Waals surface area contributed by atoms with Crippen LogP contribution in [0.4, 0.5) is 13.2 Å². The van der Waals surface area contributed by atoms with E-state index in [2.05, 4.69) is 13.6 Å². The Morgan fingerprint density at radius 3 is 2.43 bits per heavy atom. The van der Waals surface area contributed by atoms with Crippen molar-refractivity contribution in [2.75, 3.05) is 7.11 Å². The number of hydrogen-bond donors (Lipinski definition) is 1. The van der Waals surface area contributed by atoms with Gasteiger partial charge < -0.3 is 5.11 Å². The van der Waals surface area contributed by atoms with E-state index in [4.69, 9.17) is 5.11 Å². The fourth-order valence-corrected chi connectivity index (χ4v) is 0.905. The van der Waals surface area contributed by atoms with E-state index in [1.165, 1.54) is 0 Å². The van der Waals surface area contributed by atoms with Gasteiger partial charge in [-0.3, -0.25) is 0 Å². The van der Waals surface area contributed by atoms with Gasteiger partial charge in [-0.1, -0.05) is 0 Å². The predicted octanol–water partition coefficient (Wildman–Crippen LogP) is 2.59. The number of nitrogens with zero attached hydrogens (tertiary/aromatic N) is 1. The zero-order chi connectivity index (χ0) is 11.2. The lowest BCUT2D eigenvalue weighted by Crippen LogP contribution is -2.23. The third-order valence-electron chi connectivity index (χ3n) is 1.06. The SMILES string of the molecule is COOS/N=C(\C(C)=C\O)C(F)(F)F. The maximum absolute atomic E-state index is 12.2. The topological polar surface area (TPSA) is 51.0 Å². The van der Waals surface area contributed by atoms with Crippen molar-refractivity contribution in [3.63, 3.8) is 0 Å². The van der Waals surface area contributed by atoms with Crippen molar-refractivity contribution in [1.82, 2.24) is 0 Å². The van der Waals surface area contributed by atoms with Crippen molar-refractivity contribution < 1.29 is 27.5 Å². The van der Waals surface area contributed by atoms with Crippen molar-refractivity contribution >= 4 is 17.9 Å². The fourth-order valence-electron chi connectivity index (χ4n) is 0.491. The molecule has 0 unspecified atom stereocenters. The van der Waals surface area contributed by atoms with Crippen LogP contribution in [0.5, 0.6) is 0 Å². The number of aliphatic hydroxyl groups is 1. The van der Waals surface area contributed by atoms with E-state index in [9.17, 15) is 13.2 Å². The summed E-state index contributed by atoms with van der Waals surface area (Å²) in [6, 6.07) is 0. The van der Waals surface area contributed by atoms with Crippen LogP contribution in [0.1, 0.15) is 6.92 Å². The second-order valence-corrected chi connectivity index (χ2v) is 2.53. The first kappa shape index (κ1) is 13.3. The van der Waals surface area contributed by atoms with Crippen LogP contribution in [0.15, 0.2) is 16.2 Å². The molecule has 0 aliphatic rings. The lowest BCUT2D eigenvalue weighted by molar-refractivity contribution is -0.160. The van der Waals surface area contributed by atoms with Crippen LogP contribution in [0.25, 0.3) is 0 Å². The molecule has 0 amide bonds. The molecule has 0 aromatic carbocycles. The number of aliphatic hydroxyl groups excluding tert-OH is 1. The van der Waals surface area contributed by atoms with Crippen LogP contribution in [-0.2, 0) is 9.22 Å². The molecular weight excluding hydrogens is 223 g/mol. The molecule has 0 aliphatic heterocycles. The highest BCUT2D eigenvalue weighted by atomic mass is 32.2. The van der Waals surface area contributed by atoms with Crippen molar-refractivity contribution in [2.24, 2.45) is 4.40 Å². The quantitative estimate of drug-likeness (QED) is 0.154. The molecule has 0 rings (SSSR count). The van der Waals surface area contributed by atoms with Crippen LogP contribution < -0.4 is 0 Å². The van der Waals surface area contributed by atoms with E-state index in [1.807, 2.05) is 0 Å². The molecular formula is C6H8F3NO3S. The smallest absolute Gasteiger partial charge is 0.434 e. The van der Waals surface area contributed by atoms with Gasteiger partial charge in [-0.05, 0) is 6.92 Å². The maximum atomic E-state index is 12.2. The van der Waals surface area contributed by atoms with Crippen molar-refractivity contribution in [2.45, 2.75) is 13.1 Å². The minimum Gasteiger partial charge on any atom is -0.515 e. The first-order chi connectivity index (χ1) is 6.43. The third-order valence-corrected chi connectivity index (χ3v) is 1.52. The Bertz CT molecular complexity index is 239. The van der Waals surface area contributed by atoms with Crippen molar-refractivity contribution in [3.05, 3.63) is 11.8 Å². The van der Waals surface area contributed by atoms with Gasteiger partial charge in [0.2, 0.25) is 0 Å². The molecule has 0 bridgehead atoms. The molecule has 0 atom stereocenters. The Balaban J connectivity index is 4.65. The van der Waals surface area contributed by atoms with Gasteiger partial charge in [0.15, 0.2) is 17.9 Å².